The standard InChI is InChI=1S/C12H14FN3O5/c13-8-1-2-9(16(19)20)11(14)10(8)12(18)15-3-4-21-6-7(15)5-17/h1-2,7,17H,3-6,14H2. The zero-order valence-corrected chi connectivity index (χ0v) is 11.0. The Balaban J connectivity index is 2.42. The molecule has 0 spiro atoms. The predicted octanol–water partition coefficient (Wildman–Crippen LogP) is 0.149. The summed E-state index contributed by atoms with van der Waals surface area (Å²) in [4.78, 5) is 23.7. The lowest BCUT2D eigenvalue weighted by molar-refractivity contribution is -0.384. The number of nitrogen functional groups attached to an aromatic ring is 1. The summed E-state index contributed by atoms with van der Waals surface area (Å²) in [6, 6.07) is 1.10. The van der Waals surface area contributed by atoms with E-state index < -0.39 is 39.6 Å². The van der Waals surface area contributed by atoms with E-state index in [-0.39, 0.29) is 26.4 Å². The van der Waals surface area contributed by atoms with E-state index in [1.54, 1.807) is 0 Å². The van der Waals surface area contributed by atoms with Crippen LogP contribution in [0.25, 0.3) is 0 Å². The number of amides is 1. The van der Waals surface area contributed by atoms with Gasteiger partial charge in [-0.2, -0.15) is 0 Å². The van der Waals surface area contributed by atoms with Crippen molar-refractivity contribution in [2.24, 2.45) is 0 Å². The van der Waals surface area contributed by atoms with Gasteiger partial charge in [-0.05, 0) is 6.07 Å². The highest BCUT2D eigenvalue weighted by molar-refractivity contribution is 6.01. The smallest absolute Gasteiger partial charge is 0.293 e. The number of aliphatic hydroxyl groups excluding tert-OH is 1. The number of hydrogen-bond donors (Lipinski definition) is 2. The van der Waals surface area contributed by atoms with Crippen LogP contribution in [0.3, 0.4) is 0 Å². The van der Waals surface area contributed by atoms with Crippen LogP contribution in [0.2, 0.25) is 0 Å². The van der Waals surface area contributed by atoms with Crippen molar-refractivity contribution in [3.63, 3.8) is 0 Å². The Kier molecular flexibility index (Phi) is 4.34. The van der Waals surface area contributed by atoms with Crippen LogP contribution in [0, 0.1) is 15.9 Å². The molecule has 1 aromatic rings. The Bertz CT molecular complexity index is 580. The summed E-state index contributed by atoms with van der Waals surface area (Å²) in [5.74, 6) is -1.73. The van der Waals surface area contributed by atoms with Gasteiger partial charge in [0.2, 0.25) is 0 Å². The van der Waals surface area contributed by atoms with E-state index in [1.165, 1.54) is 4.90 Å². The van der Waals surface area contributed by atoms with E-state index in [4.69, 9.17) is 10.5 Å². The van der Waals surface area contributed by atoms with Crippen LogP contribution in [0.4, 0.5) is 15.8 Å². The number of carbonyl (C=O) groups excluding carboxylic acids is 1. The molecule has 1 heterocycles. The molecule has 21 heavy (non-hydrogen) atoms. The van der Waals surface area contributed by atoms with Crippen molar-refractivity contribution in [1.29, 1.82) is 0 Å². The summed E-state index contributed by atoms with van der Waals surface area (Å²) < 4.78 is 19.0. The lowest BCUT2D eigenvalue weighted by Gasteiger charge is -2.34. The Morgan fingerprint density at radius 2 is 2.33 bits per heavy atom. The first kappa shape index (κ1) is 15.1. The number of anilines is 1. The van der Waals surface area contributed by atoms with Gasteiger partial charge in [0, 0.05) is 12.6 Å². The fourth-order valence-electron chi connectivity index (χ4n) is 2.18. The fourth-order valence-corrected chi connectivity index (χ4v) is 2.18. The number of halogens is 1. The van der Waals surface area contributed by atoms with Gasteiger partial charge in [-0.3, -0.25) is 14.9 Å². The quantitative estimate of drug-likeness (QED) is 0.466. The SMILES string of the molecule is Nc1c([N+](=O)[O-])ccc(F)c1C(=O)N1CCOCC1CO. The second-order valence-corrected chi connectivity index (χ2v) is 4.52. The van der Waals surface area contributed by atoms with Crippen LogP contribution in [0.5, 0.6) is 0 Å². The van der Waals surface area contributed by atoms with E-state index in [0.29, 0.717) is 0 Å². The second-order valence-electron chi connectivity index (χ2n) is 4.52. The summed E-state index contributed by atoms with van der Waals surface area (Å²) in [5, 5.41) is 20.1. The molecule has 9 heteroatoms. The lowest BCUT2D eigenvalue weighted by Crippen LogP contribution is -2.50. The number of nitro groups is 1. The maximum atomic E-state index is 13.9. The van der Waals surface area contributed by atoms with Gasteiger partial charge in [0.05, 0.1) is 30.8 Å². The summed E-state index contributed by atoms with van der Waals surface area (Å²) in [5.41, 5.74) is 3.95. The molecule has 1 atom stereocenters. The molecule has 1 aliphatic heterocycles. The highest BCUT2D eigenvalue weighted by Gasteiger charge is 2.32. The molecule has 1 saturated heterocycles. The van der Waals surface area contributed by atoms with E-state index in [0.717, 1.165) is 12.1 Å². The molecule has 1 unspecified atom stereocenters. The number of ether oxygens (including phenoxy) is 1. The fraction of sp³-hybridized carbons (Fsp3) is 0.417. The summed E-state index contributed by atoms with van der Waals surface area (Å²) in [6.45, 7) is 0.130. The number of carbonyl (C=O) groups is 1. The maximum absolute atomic E-state index is 13.9. The van der Waals surface area contributed by atoms with Crippen molar-refractivity contribution in [2.45, 2.75) is 6.04 Å². The van der Waals surface area contributed by atoms with E-state index >= 15 is 0 Å². The minimum Gasteiger partial charge on any atom is -0.394 e. The molecule has 0 saturated carbocycles. The Morgan fingerprint density at radius 1 is 1.62 bits per heavy atom. The van der Waals surface area contributed by atoms with E-state index in [2.05, 4.69) is 0 Å². The van der Waals surface area contributed by atoms with Gasteiger partial charge >= 0.3 is 0 Å². The van der Waals surface area contributed by atoms with Crippen LogP contribution in [0.15, 0.2) is 12.1 Å². The van der Waals surface area contributed by atoms with Gasteiger partial charge < -0.3 is 20.5 Å². The molecule has 0 aliphatic carbocycles. The maximum Gasteiger partial charge on any atom is 0.293 e. The molecule has 2 rings (SSSR count). The minimum absolute atomic E-state index is 0.110. The zero-order chi connectivity index (χ0) is 15.6. The molecule has 0 bridgehead atoms. The third-order valence-electron chi connectivity index (χ3n) is 3.28. The number of nitrogens with two attached hydrogens (primary N) is 1. The largest absolute Gasteiger partial charge is 0.394 e. The molecule has 3 N–H and O–H groups in total. The molecule has 1 amide bonds. The van der Waals surface area contributed by atoms with Crippen LogP contribution < -0.4 is 5.73 Å². The zero-order valence-electron chi connectivity index (χ0n) is 11.0. The third kappa shape index (κ3) is 2.78. The highest BCUT2D eigenvalue weighted by atomic mass is 19.1. The molecule has 0 radical (unpaired) electrons. The molecule has 1 aromatic carbocycles. The van der Waals surface area contributed by atoms with Crippen LogP contribution in [-0.2, 0) is 4.74 Å². The van der Waals surface area contributed by atoms with Crippen molar-refractivity contribution in [1.82, 2.24) is 4.90 Å². The van der Waals surface area contributed by atoms with Crippen molar-refractivity contribution in [3.05, 3.63) is 33.6 Å². The van der Waals surface area contributed by atoms with Crippen molar-refractivity contribution < 1.29 is 24.0 Å². The first-order valence-electron chi connectivity index (χ1n) is 6.19. The summed E-state index contributed by atoms with van der Waals surface area (Å²) in [7, 11) is 0. The van der Waals surface area contributed by atoms with Gasteiger partial charge in [-0.25, -0.2) is 4.39 Å². The Hall–Kier alpha value is -2.26. The molecular weight excluding hydrogens is 285 g/mol. The molecular formula is C12H14FN3O5. The first-order valence-corrected chi connectivity index (χ1v) is 6.19. The van der Waals surface area contributed by atoms with Crippen molar-refractivity contribution >= 4 is 17.3 Å². The number of rotatable bonds is 3. The summed E-state index contributed by atoms with van der Waals surface area (Å²) >= 11 is 0. The molecule has 0 aromatic heterocycles. The first-order chi connectivity index (χ1) is 9.97. The van der Waals surface area contributed by atoms with Gasteiger partial charge in [-0.1, -0.05) is 0 Å². The monoisotopic (exact) mass is 299 g/mol. The molecule has 1 aliphatic rings. The average Bonchev–Trinajstić information content (AvgIpc) is 2.46. The number of morpholine rings is 1. The normalized spacial score (nSPS) is 18.6. The van der Waals surface area contributed by atoms with Crippen molar-refractivity contribution in [3.8, 4) is 0 Å². The number of benzene rings is 1. The van der Waals surface area contributed by atoms with Gasteiger partial charge in [0.25, 0.3) is 11.6 Å². The van der Waals surface area contributed by atoms with Gasteiger partial charge in [0.1, 0.15) is 17.1 Å². The topological polar surface area (TPSA) is 119 Å². The molecule has 114 valence electrons. The molecule has 8 nitrogen and oxygen atoms in total. The Morgan fingerprint density at radius 3 is 2.95 bits per heavy atom. The number of aliphatic hydroxyl groups is 1. The Labute approximate surface area is 119 Å². The van der Waals surface area contributed by atoms with E-state index in [1.807, 2.05) is 0 Å². The number of nitro benzene ring substituents is 1. The number of hydrogen-bond acceptors (Lipinski definition) is 6. The highest BCUT2D eigenvalue weighted by Crippen LogP contribution is 2.29. The van der Waals surface area contributed by atoms with Crippen molar-refractivity contribution in [2.75, 3.05) is 32.1 Å². The second kappa shape index (κ2) is 6.02. The van der Waals surface area contributed by atoms with Crippen LogP contribution >= 0.6 is 0 Å². The molecule has 1 fully saturated rings. The minimum atomic E-state index is -0.939. The van der Waals surface area contributed by atoms with Gasteiger partial charge in [0.15, 0.2) is 0 Å². The number of nitrogens with zero attached hydrogens (tertiary/aromatic N) is 2. The van der Waals surface area contributed by atoms with E-state index in [9.17, 15) is 24.4 Å². The average molecular weight is 299 g/mol. The van der Waals surface area contributed by atoms with Crippen LogP contribution in [-0.4, -0.2) is 53.2 Å². The van der Waals surface area contributed by atoms with Crippen LogP contribution in [0.1, 0.15) is 10.4 Å². The predicted molar refractivity (Wildman–Crippen MR) is 70.2 cm³/mol. The third-order valence-corrected chi connectivity index (χ3v) is 3.28. The lowest BCUT2D eigenvalue weighted by atomic mass is 10.1. The van der Waals surface area contributed by atoms with Gasteiger partial charge in [-0.15, -0.1) is 0 Å². The summed E-state index contributed by atoms with van der Waals surface area (Å²) in [6.07, 6.45) is 0.